The van der Waals surface area contributed by atoms with Crippen LogP contribution in [0.2, 0.25) is 0 Å². The Bertz CT molecular complexity index is 174. The molecule has 1 aromatic carbocycles. The van der Waals surface area contributed by atoms with Gasteiger partial charge in [-0.3, -0.25) is 0 Å². The summed E-state index contributed by atoms with van der Waals surface area (Å²) in [6.45, 7) is 8.47. The predicted octanol–water partition coefficient (Wildman–Crippen LogP) is 2.54. The fourth-order valence-electron chi connectivity index (χ4n) is 0.478. The molecule has 1 nitrogen and oxygen atoms in total. The van der Waals surface area contributed by atoms with Crippen LogP contribution in [0.3, 0.4) is 0 Å². The van der Waals surface area contributed by atoms with Crippen molar-refractivity contribution in [1.82, 2.24) is 0 Å². The molecule has 0 aliphatic rings. The molecule has 1 aromatic rings. The Kier molecular flexibility index (Phi) is 19.7. The summed E-state index contributed by atoms with van der Waals surface area (Å²) in [4.78, 5) is 0. The van der Waals surface area contributed by atoms with Gasteiger partial charge in [-0.1, -0.05) is 6.07 Å². The molecular formula is C8H8BrCdN. The van der Waals surface area contributed by atoms with Gasteiger partial charge in [-0.15, -0.1) is 29.1 Å². The van der Waals surface area contributed by atoms with Crippen LogP contribution in [0.1, 0.15) is 5.56 Å². The Labute approximate surface area is 98.4 Å². The summed E-state index contributed by atoms with van der Waals surface area (Å²) < 4.78 is 0. The van der Waals surface area contributed by atoms with Gasteiger partial charge in [0, 0.05) is 0 Å². The number of halogens is 1. The monoisotopic (exact) mass is 311 g/mol. The number of hydrogen-bond donors (Lipinski definition) is 0. The third-order valence-corrected chi connectivity index (χ3v) is 0.843. The maximum Gasteiger partial charge on any atom is 2.00 e. The predicted molar refractivity (Wildman–Crippen MR) is 46.2 cm³/mol. The first kappa shape index (κ1) is 17.2. The number of rotatable bonds is 0. The molecule has 0 unspecified atom stereocenters. The Hall–Kier alpha value is -0.0179. The van der Waals surface area contributed by atoms with Crippen molar-refractivity contribution < 1.29 is 27.3 Å². The molecule has 11 heavy (non-hydrogen) atoms. The molecule has 0 aromatic heterocycles. The number of hydrogen-bond acceptors (Lipinski definition) is 1. The SMILES string of the molecule is Br.[C-]#N.[CH2-]c1ccccc1.[Cd+2]. The fourth-order valence-corrected chi connectivity index (χ4v) is 0.478. The van der Waals surface area contributed by atoms with Crippen LogP contribution >= 0.6 is 17.0 Å². The molecular weight excluding hydrogens is 302 g/mol. The maximum atomic E-state index is 6.25. The van der Waals surface area contributed by atoms with Crippen molar-refractivity contribution >= 4 is 17.0 Å². The summed E-state index contributed by atoms with van der Waals surface area (Å²) in [5, 5.41) is 6.25. The first-order valence-corrected chi connectivity index (χ1v) is 2.49. The van der Waals surface area contributed by atoms with E-state index >= 15 is 0 Å². The van der Waals surface area contributed by atoms with E-state index in [1.165, 1.54) is 0 Å². The van der Waals surface area contributed by atoms with Crippen LogP contribution < -0.4 is 0 Å². The van der Waals surface area contributed by atoms with Gasteiger partial charge in [0.25, 0.3) is 0 Å². The van der Waals surface area contributed by atoms with Gasteiger partial charge >= 0.3 is 27.3 Å². The van der Waals surface area contributed by atoms with E-state index in [1.54, 1.807) is 0 Å². The molecule has 54 valence electrons. The first-order chi connectivity index (χ1) is 4.39. The van der Waals surface area contributed by atoms with Gasteiger partial charge in [-0.05, 0) is 0 Å². The fraction of sp³-hybridized carbons (Fsp3) is 0. The number of nitrogens with zero attached hydrogens (tertiary/aromatic N) is 1. The second-order valence-electron chi connectivity index (χ2n) is 1.49. The standard InChI is InChI=1S/C7H7.CN.BrH.Cd/c1-7-5-3-2-4-6-7;1-2;;/h2-6H,1H2;;1H;/q2*-1;;+2. The summed E-state index contributed by atoms with van der Waals surface area (Å²) in [6.07, 6.45) is 0. The van der Waals surface area contributed by atoms with E-state index in [9.17, 15) is 0 Å². The van der Waals surface area contributed by atoms with Crippen molar-refractivity contribution in [2.45, 2.75) is 0 Å². The number of benzene rings is 1. The van der Waals surface area contributed by atoms with Gasteiger partial charge in [0.05, 0.1) is 0 Å². The molecule has 0 saturated heterocycles. The van der Waals surface area contributed by atoms with Crippen molar-refractivity contribution in [3.63, 3.8) is 0 Å². The van der Waals surface area contributed by atoms with Crippen molar-refractivity contribution in [2.24, 2.45) is 0 Å². The van der Waals surface area contributed by atoms with E-state index in [4.69, 9.17) is 11.8 Å². The summed E-state index contributed by atoms with van der Waals surface area (Å²) >= 11 is 0. The molecule has 0 amide bonds. The topological polar surface area (TPSA) is 23.8 Å². The van der Waals surface area contributed by atoms with Crippen molar-refractivity contribution in [3.05, 3.63) is 49.4 Å². The van der Waals surface area contributed by atoms with Gasteiger partial charge in [0.1, 0.15) is 0 Å². The van der Waals surface area contributed by atoms with Gasteiger partial charge in [0.2, 0.25) is 0 Å². The average molecular weight is 310 g/mol. The van der Waals surface area contributed by atoms with Crippen LogP contribution in [0.5, 0.6) is 0 Å². The Morgan fingerprint density at radius 2 is 1.45 bits per heavy atom. The van der Waals surface area contributed by atoms with E-state index in [2.05, 4.69) is 6.92 Å². The first-order valence-electron chi connectivity index (χ1n) is 2.49. The zero-order valence-electron chi connectivity index (χ0n) is 6.16. The summed E-state index contributed by atoms with van der Waals surface area (Å²) in [6, 6.07) is 9.87. The minimum absolute atomic E-state index is 0. The third kappa shape index (κ3) is 9.98. The third-order valence-electron chi connectivity index (χ3n) is 0.843. The molecule has 1 rings (SSSR count). The summed E-state index contributed by atoms with van der Waals surface area (Å²) in [7, 11) is 0. The molecule has 3 heteroatoms. The maximum absolute atomic E-state index is 6.25. The molecule has 0 aliphatic carbocycles. The van der Waals surface area contributed by atoms with Crippen LogP contribution in [0, 0.1) is 18.8 Å². The van der Waals surface area contributed by atoms with Crippen molar-refractivity contribution in [1.29, 1.82) is 5.26 Å². The summed E-state index contributed by atoms with van der Waals surface area (Å²) in [5.74, 6) is 0. The summed E-state index contributed by atoms with van der Waals surface area (Å²) in [5.41, 5.74) is 1.07. The zero-order valence-corrected chi connectivity index (χ0v) is 11.9. The van der Waals surface area contributed by atoms with Crippen LogP contribution in [-0.4, -0.2) is 0 Å². The second-order valence-corrected chi connectivity index (χ2v) is 1.49. The van der Waals surface area contributed by atoms with Crippen molar-refractivity contribution in [3.8, 4) is 0 Å². The van der Waals surface area contributed by atoms with E-state index in [-0.39, 0.29) is 44.3 Å². The molecule has 0 N–H and O–H groups in total. The van der Waals surface area contributed by atoms with Gasteiger partial charge in [-0.25, -0.2) is 0 Å². The van der Waals surface area contributed by atoms with Crippen molar-refractivity contribution in [2.75, 3.05) is 0 Å². The van der Waals surface area contributed by atoms with E-state index < -0.39 is 0 Å². The van der Waals surface area contributed by atoms with Crippen LogP contribution in [-0.2, 0) is 27.3 Å². The largest absolute Gasteiger partial charge is 2.00 e. The molecule has 0 saturated carbocycles. The molecule has 0 heterocycles. The van der Waals surface area contributed by atoms with Gasteiger partial charge in [-0.2, -0.15) is 24.6 Å². The quantitative estimate of drug-likeness (QED) is 0.534. The molecule has 0 atom stereocenters. The van der Waals surface area contributed by atoms with Crippen LogP contribution in [0.25, 0.3) is 0 Å². The minimum atomic E-state index is 0. The Balaban J connectivity index is -0.000000149. The van der Waals surface area contributed by atoms with Crippen LogP contribution in [0.4, 0.5) is 0 Å². The zero-order chi connectivity index (χ0) is 7.11. The van der Waals surface area contributed by atoms with E-state index in [0.717, 1.165) is 5.56 Å². The van der Waals surface area contributed by atoms with Gasteiger partial charge < -0.3 is 11.8 Å². The molecule has 0 fully saturated rings. The average Bonchev–Trinajstić information content (AvgIpc) is 1.94. The normalized spacial score (nSPS) is 5.64. The molecule has 0 aliphatic heterocycles. The Morgan fingerprint density at radius 3 is 1.64 bits per heavy atom. The smallest absolute Gasteiger partial charge is 0.512 e. The molecule has 0 bridgehead atoms. The molecule has 0 radical (unpaired) electrons. The van der Waals surface area contributed by atoms with E-state index in [1.807, 2.05) is 30.3 Å². The minimum Gasteiger partial charge on any atom is -0.512 e. The van der Waals surface area contributed by atoms with Crippen LogP contribution in [0.15, 0.2) is 30.3 Å². The Morgan fingerprint density at radius 1 is 1.09 bits per heavy atom. The van der Waals surface area contributed by atoms with E-state index in [0.29, 0.717) is 0 Å². The van der Waals surface area contributed by atoms with Gasteiger partial charge in [0.15, 0.2) is 0 Å². The molecule has 0 spiro atoms. The second kappa shape index (κ2) is 12.6.